The van der Waals surface area contributed by atoms with Crippen molar-refractivity contribution in [3.05, 3.63) is 53.0 Å². The first-order chi connectivity index (χ1) is 12.8. The number of fused-ring (bicyclic) bond motifs is 1. The molecular weight excluding hydrogens is 366 g/mol. The molecule has 2 aromatic rings. The molecule has 0 fully saturated rings. The van der Waals surface area contributed by atoms with Crippen molar-refractivity contribution in [2.24, 2.45) is 0 Å². The van der Waals surface area contributed by atoms with Crippen LogP contribution >= 0.6 is 0 Å². The summed E-state index contributed by atoms with van der Waals surface area (Å²) in [6.07, 6.45) is 0.719. The van der Waals surface area contributed by atoms with E-state index in [-0.39, 0.29) is 23.4 Å². The van der Waals surface area contributed by atoms with E-state index in [1.165, 1.54) is 0 Å². The Bertz CT molecular complexity index is 936. The lowest BCUT2D eigenvalue weighted by Gasteiger charge is -2.31. The molecule has 8 heteroatoms. The molecular formula is C19H25N3O4S. The van der Waals surface area contributed by atoms with Gasteiger partial charge >= 0.3 is 0 Å². The highest BCUT2D eigenvalue weighted by atomic mass is 32.2. The first-order valence-electron chi connectivity index (χ1n) is 8.93. The van der Waals surface area contributed by atoms with Crippen molar-refractivity contribution in [1.29, 1.82) is 0 Å². The van der Waals surface area contributed by atoms with Gasteiger partial charge in [-0.25, -0.2) is 13.1 Å². The van der Waals surface area contributed by atoms with E-state index in [1.54, 1.807) is 36.2 Å². The lowest BCUT2D eigenvalue weighted by atomic mass is 9.99. The minimum Gasteiger partial charge on any atom is -0.465 e. The minimum absolute atomic E-state index is 0.0164. The van der Waals surface area contributed by atoms with Crippen LogP contribution in [0.15, 0.2) is 39.6 Å². The number of carbonyl (C=O) groups is 1. The molecule has 0 bridgehead atoms. The summed E-state index contributed by atoms with van der Waals surface area (Å²) in [5.74, 6) is 1.31. The van der Waals surface area contributed by atoms with Gasteiger partial charge in [-0.3, -0.25) is 4.79 Å². The average Bonchev–Trinajstić information content (AvgIpc) is 3.09. The summed E-state index contributed by atoms with van der Waals surface area (Å²) in [5, 5.41) is 2.95. The van der Waals surface area contributed by atoms with Crippen molar-refractivity contribution in [1.82, 2.24) is 14.9 Å². The highest BCUT2D eigenvalue weighted by molar-refractivity contribution is 7.89. The summed E-state index contributed by atoms with van der Waals surface area (Å²) in [6.45, 7) is 4.78. The molecule has 3 rings (SSSR count). The van der Waals surface area contributed by atoms with Crippen molar-refractivity contribution in [2.75, 3.05) is 13.6 Å². The maximum Gasteiger partial charge on any atom is 0.240 e. The van der Waals surface area contributed by atoms with Gasteiger partial charge in [0.1, 0.15) is 11.5 Å². The van der Waals surface area contributed by atoms with E-state index in [4.69, 9.17) is 4.42 Å². The van der Waals surface area contributed by atoms with Gasteiger partial charge in [-0.2, -0.15) is 0 Å². The first-order valence-corrected chi connectivity index (χ1v) is 10.4. The Morgan fingerprint density at radius 2 is 2.04 bits per heavy atom. The van der Waals surface area contributed by atoms with E-state index in [0.29, 0.717) is 18.8 Å². The van der Waals surface area contributed by atoms with Crippen molar-refractivity contribution >= 4 is 15.9 Å². The van der Waals surface area contributed by atoms with Crippen LogP contribution < -0.4 is 10.0 Å². The van der Waals surface area contributed by atoms with Crippen LogP contribution in [0.5, 0.6) is 0 Å². The van der Waals surface area contributed by atoms with Crippen LogP contribution in [-0.2, 0) is 34.3 Å². The fraction of sp³-hybridized carbons (Fsp3) is 0.421. The van der Waals surface area contributed by atoms with Gasteiger partial charge < -0.3 is 14.6 Å². The Kier molecular flexibility index (Phi) is 5.69. The number of hydrogen-bond acceptors (Lipinski definition) is 5. The van der Waals surface area contributed by atoms with Crippen molar-refractivity contribution in [2.45, 2.75) is 44.3 Å². The zero-order chi connectivity index (χ0) is 19.6. The molecule has 1 atom stereocenters. The van der Waals surface area contributed by atoms with E-state index in [0.717, 1.165) is 23.3 Å². The van der Waals surface area contributed by atoms with E-state index >= 15 is 0 Å². The summed E-state index contributed by atoms with van der Waals surface area (Å²) in [7, 11) is -1.92. The Morgan fingerprint density at radius 1 is 1.26 bits per heavy atom. The number of hydrogen-bond donors (Lipinski definition) is 2. The summed E-state index contributed by atoms with van der Waals surface area (Å²) in [4.78, 5) is 14.4. The molecule has 27 heavy (non-hydrogen) atoms. The van der Waals surface area contributed by atoms with Crippen molar-refractivity contribution in [3.8, 4) is 0 Å². The smallest absolute Gasteiger partial charge is 0.240 e. The molecule has 0 spiro atoms. The molecule has 1 aliphatic rings. The van der Waals surface area contributed by atoms with E-state index in [9.17, 15) is 13.2 Å². The predicted octanol–water partition coefficient (Wildman–Crippen LogP) is 1.56. The molecule has 0 saturated heterocycles. The van der Waals surface area contributed by atoms with Gasteiger partial charge in [-0.05, 0) is 62.7 Å². The van der Waals surface area contributed by atoms with Gasteiger partial charge in [0.25, 0.3) is 0 Å². The molecule has 1 aromatic carbocycles. The lowest BCUT2D eigenvalue weighted by molar-refractivity contribution is -0.133. The largest absolute Gasteiger partial charge is 0.465 e. The monoisotopic (exact) mass is 391 g/mol. The highest BCUT2D eigenvalue weighted by Crippen LogP contribution is 2.23. The van der Waals surface area contributed by atoms with Gasteiger partial charge in [0.2, 0.25) is 15.9 Å². The summed E-state index contributed by atoms with van der Waals surface area (Å²) in [6, 6.07) is 8.38. The van der Waals surface area contributed by atoms with Crippen molar-refractivity contribution < 1.29 is 17.6 Å². The van der Waals surface area contributed by atoms with Crippen LogP contribution in [0.2, 0.25) is 0 Å². The molecule has 2 N–H and O–H groups in total. The average molecular weight is 391 g/mol. The summed E-state index contributed by atoms with van der Waals surface area (Å²) < 4.78 is 33.2. The number of nitrogens with zero attached hydrogens (tertiary/aromatic N) is 1. The number of carbonyl (C=O) groups excluding carboxylic acids is 1. The minimum atomic E-state index is -3.67. The molecule has 0 radical (unpaired) electrons. The Balaban J connectivity index is 1.75. The van der Waals surface area contributed by atoms with E-state index < -0.39 is 10.0 Å². The van der Waals surface area contributed by atoms with Gasteiger partial charge in [0.05, 0.1) is 17.5 Å². The molecule has 1 aromatic heterocycles. The maximum atomic E-state index is 12.6. The second-order valence-electron chi connectivity index (χ2n) is 6.79. The molecule has 7 nitrogen and oxygen atoms in total. The second kappa shape index (κ2) is 7.84. The van der Waals surface area contributed by atoms with Crippen molar-refractivity contribution in [3.63, 3.8) is 0 Å². The number of benzene rings is 1. The fourth-order valence-electron chi connectivity index (χ4n) is 3.12. The Hall–Kier alpha value is -2.16. The lowest BCUT2D eigenvalue weighted by Crippen LogP contribution is -2.45. The van der Waals surface area contributed by atoms with Crippen LogP contribution in [-0.4, -0.2) is 38.9 Å². The quantitative estimate of drug-likeness (QED) is 0.780. The number of nitrogens with one attached hydrogen (secondary N) is 2. The van der Waals surface area contributed by atoms with E-state index in [2.05, 4.69) is 10.0 Å². The Morgan fingerprint density at radius 3 is 2.70 bits per heavy atom. The van der Waals surface area contributed by atoms with Crippen LogP contribution in [0.3, 0.4) is 0 Å². The molecule has 0 unspecified atom stereocenters. The third-order valence-corrected chi connectivity index (χ3v) is 6.25. The first kappa shape index (κ1) is 19.6. The fourth-order valence-corrected chi connectivity index (χ4v) is 4.16. The zero-order valence-electron chi connectivity index (χ0n) is 15.8. The molecule has 2 heterocycles. The van der Waals surface area contributed by atoms with Gasteiger partial charge in [-0.15, -0.1) is 0 Å². The van der Waals surface area contributed by atoms with Gasteiger partial charge in [0, 0.05) is 13.1 Å². The molecule has 0 aliphatic carbocycles. The van der Waals surface area contributed by atoms with Crippen LogP contribution in [0.25, 0.3) is 0 Å². The molecule has 146 valence electrons. The number of furan rings is 1. The van der Waals surface area contributed by atoms with Gasteiger partial charge in [-0.1, -0.05) is 6.07 Å². The number of sulfonamides is 1. The topological polar surface area (TPSA) is 91.7 Å². The SMILES string of the molecule is CN[C@@H](C)C(=O)N1CCc2ccc(S(=O)(=O)NCc3ccc(C)o3)cc2C1. The number of likely N-dealkylation sites (N-methyl/N-ethyl adjacent to an activating group) is 1. The highest BCUT2D eigenvalue weighted by Gasteiger charge is 2.25. The number of amides is 1. The molecule has 1 amide bonds. The Labute approximate surface area is 159 Å². The van der Waals surface area contributed by atoms with E-state index in [1.807, 2.05) is 19.9 Å². The standard InChI is InChI=1S/C19H25N3O4S/c1-13-4-6-17(26-13)11-21-27(24,25)18-7-5-15-8-9-22(12-16(15)10-18)19(23)14(2)20-3/h4-7,10,14,20-21H,8-9,11-12H2,1-3H3/t14-/m0/s1. The molecule has 1 aliphatic heterocycles. The zero-order valence-corrected chi connectivity index (χ0v) is 16.6. The predicted molar refractivity (Wildman–Crippen MR) is 102 cm³/mol. The van der Waals surface area contributed by atoms with Gasteiger partial charge in [0.15, 0.2) is 0 Å². The summed E-state index contributed by atoms with van der Waals surface area (Å²) >= 11 is 0. The third-order valence-electron chi connectivity index (χ3n) is 4.85. The molecule has 0 saturated carbocycles. The summed E-state index contributed by atoms with van der Waals surface area (Å²) in [5.41, 5.74) is 1.95. The number of aryl methyl sites for hydroxylation is 1. The second-order valence-corrected chi connectivity index (χ2v) is 8.55. The maximum absolute atomic E-state index is 12.6. The van der Waals surface area contributed by atoms with Crippen LogP contribution in [0.1, 0.15) is 29.6 Å². The normalized spacial score (nSPS) is 15.4. The van der Waals surface area contributed by atoms with Crippen LogP contribution in [0.4, 0.5) is 0 Å². The number of rotatable bonds is 6. The third kappa shape index (κ3) is 4.40. The van der Waals surface area contributed by atoms with Crippen LogP contribution in [0, 0.1) is 6.92 Å².